The third-order valence-electron chi connectivity index (χ3n) is 3.58. The third kappa shape index (κ3) is 5.65. The number of morpholine rings is 1. The Kier molecular flexibility index (Phi) is 5.74. The number of amides is 2. The molecule has 2 rings (SSSR count). The maximum absolute atomic E-state index is 12.0. The Morgan fingerprint density at radius 3 is 2.09 bits per heavy atom. The Morgan fingerprint density at radius 2 is 1.57 bits per heavy atom. The molecule has 1 aliphatic heterocycles. The number of hydrogen-bond donors (Lipinski definition) is 2. The van der Waals surface area contributed by atoms with Crippen molar-refractivity contribution in [2.45, 2.75) is 20.8 Å². The van der Waals surface area contributed by atoms with E-state index in [2.05, 4.69) is 15.5 Å². The molecule has 2 amide bonds. The van der Waals surface area contributed by atoms with E-state index in [-0.39, 0.29) is 11.8 Å². The molecule has 126 valence electrons. The van der Waals surface area contributed by atoms with Crippen LogP contribution in [0.25, 0.3) is 0 Å². The number of nitrogens with zero attached hydrogens (tertiary/aromatic N) is 1. The number of carbonyl (C=O) groups is 2. The van der Waals surface area contributed by atoms with E-state index in [4.69, 9.17) is 4.74 Å². The van der Waals surface area contributed by atoms with E-state index in [9.17, 15) is 9.59 Å². The normalized spacial score (nSPS) is 16.0. The predicted molar refractivity (Wildman–Crippen MR) is 90.4 cm³/mol. The number of ether oxygens (including phenoxy) is 1. The average Bonchev–Trinajstić information content (AvgIpc) is 2.49. The van der Waals surface area contributed by atoms with Crippen LogP contribution >= 0.6 is 0 Å². The summed E-state index contributed by atoms with van der Waals surface area (Å²) in [5.74, 6) is -0.0834. The van der Waals surface area contributed by atoms with Gasteiger partial charge in [0.15, 0.2) is 0 Å². The highest BCUT2D eigenvalue weighted by atomic mass is 16.5. The average molecular weight is 319 g/mol. The lowest BCUT2D eigenvalue weighted by atomic mass is 9.95. The van der Waals surface area contributed by atoms with Crippen molar-refractivity contribution in [2.75, 3.05) is 43.5 Å². The van der Waals surface area contributed by atoms with E-state index in [0.717, 1.165) is 24.5 Å². The minimum absolute atomic E-state index is 0.0402. The number of hydrogen-bond acceptors (Lipinski definition) is 4. The number of anilines is 2. The maximum atomic E-state index is 12.0. The van der Waals surface area contributed by atoms with Gasteiger partial charge in [0.05, 0.1) is 19.8 Å². The second-order valence-corrected chi connectivity index (χ2v) is 6.72. The fraction of sp³-hybridized carbons (Fsp3) is 0.529. The summed E-state index contributed by atoms with van der Waals surface area (Å²) in [4.78, 5) is 26.0. The second-order valence-electron chi connectivity index (χ2n) is 6.72. The summed E-state index contributed by atoms with van der Waals surface area (Å²) in [6, 6.07) is 7.15. The fourth-order valence-electron chi connectivity index (χ4n) is 2.12. The van der Waals surface area contributed by atoms with E-state index in [0.29, 0.717) is 19.8 Å². The first kappa shape index (κ1) is 17.4. The van der Waals surface area contributed by atoms with E-state index < -0.39 is 5.41 Å². The SMILES string of the molecule is CC(C)(C)C(=O)Nc1ccc(NC(=O)CN2CCOCC2)cc1. The first-order valence-electron chi connectivity index (χ1n) is 7.86. The molecule has 1 heterocycles. The number of nitrogens with one attached hydrogen (secondary N) is 2. The van der Waals surface area contributed by atoms with Gasteiger partial charge in [0.25, 0.3) is 0 Å². The standard InChI is InChI=1S/C17H25N3O3/c1-17(2,3)16(22)19-14-6-4-13(5-7-14)18-15(21)12-20-8-10-23-11-9-20/h4-7H,8-12H2,1-3H3,(H,18,21)(H,19,22). The Labute approximate surface area is 137 Å². The van der Waals surface area contributed by atoms with Gasteiger partial charge in [-0.05, 0) is 24.3 Å². The molecule has 0 aliphatic carbocycles. The van der Waals surface area contributed by atoms with Gasteiger partial charge in [-0.25, -0.2) is 0 Å². The van der Waals surface area contributed by atoms with Crippen LogP contribution < -0.4 is 10.6 Å². The van der Waals surface area contributed by atoms with Crippen molar-refractivity contribution in [2.24, 2.45) is 5.41 Å². The van der Waals surface area contributed by atoms with Crippen LogP contribution in [0.4, 0.5) is 11.4 Å². The third-order valence-corrected chi connectivity index (χ3v) is 3.58. The highest BCUT2D eigenvalue weighted by Gasteiger charge is 2.21. The molecule has 1 saturated heterocycles. The van der Waals surface area contributed by atoms with Gasteiger partial charge in [0, 0.05) is 29.9 Å². The summed E-state index contributed by atoms with van der Waals surface area (Å²) in [7, 11) is 0. The molecular weight excluding hydrogens is 294 g/mol. The van der Waals surface area contributed by atoms with Crippen molar-refractivity contribution in [1.29, 1.82) is 0 Å². The molecule has 6 heteroatoms. The number of benzene rings is 1. The zero-order valence-electron chi connectivity index (χ0n) is 14.0. The van der Waals surface area contributed by atoms with Crippen LogP contribution in [0.2, 0.25) is 0 Å². The lowest BCUT2D eigenvalue weighted by Crippen LogP contribution is -2.41. The van der Waals surface area contributed by atoms with Gasteiger partial charge >= 0.3 is 0 Å². The van der Waals surface area contributed by atoms with Crippen LogP contribution in [-0.4, -0.2) is 49.6 Å². The molecule has 0 saturated carbocycles. The molecular formula is C17H25N3O3. The van der Waals surface area contributed by atoms with Gasteiger partial charge in [0.2, 0.25) is 11.8 Å². The van der Waals surface area contributed by atoms with Gasteiger partial charge in [-0.3, -0.25) is 14.5 Å². The zero-order chi connectivity index (χ0) is 16.9. The molecule has 1 fully saturated rings. The topological polar surface area (TPSA) is 70.7 Å². The van der Waals surface area contributed by atoms with Crippen molar-refractivity contribution in [3.05, 3.63) is 24.3 Å². The lowest BCUT2D eigenvalue weighted by molar-refractivity contribution is -0.123. The van der Waals surface area contributed by atoms with Gasteiger partial charge < -0.3 is 15.4 Å². The molecule has 0 atom stereocenters. The van der Waals surface area contributed by atoms with Crippen LogP contribution in [-0.2, 0) is 14.3 Å². The molecule has 1 aromatic carbocycles. The van der Waals surface area contributed by atoms with E-state index in [1.807, 2.05) is 20.8 Å². The summed E-state index contributed by atoms with van der Waals surface area (Å²) < 4.78 is 5.26. The van der Waals surface area contributed by atoms with Crippen molar-refractivity contribution >= 4 is 23.2 Å². The predicted octanol–water partition coefficient (Wildman–Crippen LogP) is 1.94. The molecule has 0 bridgehead atoms. The van der Waals surface area contributed by atoms with E-state index in [1.54, 1.807) is 24.3 Å². The van der Waals surface area contributed by atoms with Crippen LogP contribution in [0.5, 0.6) is 0 Å². The highest BCUT2D eigenvalue weighted by molar-refractivity contribution is 5.95. The Balaban J connectivity index is 1.84. The summed E-state index contributed by atoms with van der Waals surface area (Å²) in [5.41, 5.74) is 0.999. The molecule has 23 heavy (non-hydrogen) atoms. The number of rotatable bonds is 4. The second kappa shape index (κ2) is 7.57. The Hall–Kier alpha value is -1.92. The molecule has 2 N–H and O–H groups in total. The van der Waals surface area contributed by atoms with Gasteiger partial charge in [-0.15, -0.1) is 0 Å². The summed E-state index contributed by atoms with van der Waals surface area (Å²) in [6.45, 7) is 8.88. The molecule has 0 spiro atoms. The summed E-state index contributed by atoms with van der Waals surface area (Å²) >= 11 is 0. The molecule has 1 aliphatic rings. The molecule has 0 radical (unpaired) electrons. The highest BCUT2D eigenvalue weighted by Crippen LogP contribution is 2.19. The molecule has 1 aromatic rings. The molecule has 0 unspecified atom stereocenters. The first-order chi connectivity index (χ1) is 10.8. The van der Waals surface area contributed by atoms with Crippen LogP contribution in [0.3, 0.4) is 0 Å². The summed E-state index contributed by atoms with van der Waals surface area (Å²) in [5, 5.41) is 5.72. The van der Waals surface area contributed by atoms with Crippen molar-refractivity contribution in [1.82, 2.24) is 4.90 Å². The van der Waals surface area contributed by atoms with Crippen molar-refractivity contribution in [3.8, 4) is 0 Å². The minimum atomic E-state index is -0.439. The molecule has 0 aromatic heterocycles. The van der Waals surface area contributed by atoms with Gasteiger partial charge in [0.1, 0.15) is 0 Å². The maximum Gasteiger partial charge on any atom is 0.238 e. The summed E-state index contributed by atoms with van der Waals surface area (Å²) in [6.07, 6.45) is 0. The smallest absolute Gasteiger partial charge is 0.238 e. The largest absolute Gasteiger partial charge is 0.379 e. The van der Waals surface area contributed by atoms with Crippen molar-refractivity contribution in [3.63, 3.8) is 0 Å². The number of carbonyl (C=O) groups excluding carboxylic acids is 2. The van der Waals surface area contributed by atoms with E-state index >= 15 is 0 Å². The monoisotopic (exact) mass is 319 g/mol. The van der Waals surface area contributed by atoms with E-state index in [1.165, 1.54) is 0 Å². The minimum Gasteiger partial charge on any atom is -0.379 e. The fourth-order valence-corrected chi connectivity index (χ4v) is 2.12. The Morgan fingerprint density at radius 1 is 1.04 bits per heavy atom. The van der Waals surface area contributed by atoms with Gasteiger partial charge in [-0.2, -0.15) is 0 Å². The quantitative estimate of drug-likeness (QED) is 0.890. The van der Waals surface area contributed by atoms with Crippen LogP contribution in [0.15, 0.2) is 24.3 Å². The van der Waals surface area contributed by atoms with Crippen LogP contribution in [0.1, 0.15) is 20.8 Å². The lowest BCUT2D eigenvalue weighted by Gasteiger charge is -2.25. The zero-order valence-corrected chi connectivity index (χ0v) is 14.0. The van der Waals surface area contributed by atoms with Crippen LogP contribution in [0, 0.1) is 5.41 Å². The van der Waals surface area contributed by atoms with Crippen molar-refractivity contribution < 1.29 is 14.3 Å². The Bertz CT molecular complexity index is 543. The molecule has 6 nitrogen and oxygen atoms in total. The first-order valence-corrected chi connectivity index (χ1v) is 7.86. The van der Waals surface area contributed by atoms with Gasteiger partial charge in [-0.1, -0.05) is 20.8 Å².